The van der Waals surface area contributed by atoms with Gasteiger partial charge in [0, 0.05) is 49.8 Å². The number of hydrogen-bond acceptors (Lipinski definition) is 5. The minimum atomic E-state index is 0.0825. The first-order chi connectivity index (χ1) is 12.2. The topological polar surface area (TPSA) is 73.1 Å². The van der Waals surface area contributed by atoms with Crippen LogP contribution in [0.4, 0.5) is 0 Å². The van der Waals surface area contributed by atoms with E-state index in [-0.39, 0.29) is 12.0 Å². The number of rotatable bonds is 7. The zero-order valence-corrected chi connectivity index (χ0v) is 14.7. The zero-order valence-electron chi connectivity index (χ0n) is 14.7. The molecule has 2 aromatic rings. The van der Waals surface area contributed by atoms with Crippen molar-refractivity contribution in [2.45, 2.75) is 45.3 Å². The van der Waals surface area contributed by atoms with Crippen LogP contribution in [0.25, 0.3) is 0 Å². The second-order valence-corrected chi connectivity index (χ2v) is 6.39. The highest BCUT2D eigenvalue weighted by molar-refractivity contribution is 5.76. The van der Waals surface area contributed by atoms with Crippen molar-refractivity contribution in [3.8, 4) is 0 Å². The van der Waals surface area contributed by atoms with Crippen molar-refractivity contribution in [3.05, 3.63) is 42.2 Å². The third-order valence-electron chi connectivity index (χ3n) is 4.41. The molecular weight excluding hydrogens is 318 g/mol. The maximum atomic E-state index is 12.4. The van der Waals surface area contributed by atoms with E-state index < -0.39 is 0 Å². The van der Waals surface area contributed by atoms with Crippen LogP contribution >= 0.6 is 0 Å². The van der Waals surface area contributed by atoms with E-state index in [9.17, 15) is 4.79 Å². The molecule has 0 saturated carbocycles. The van der Waals surface area contributed by atoms with E-state index in [1.165, 1.54) is 0 Å². The Labute approximate surface area is 148 Å². The molecule has 3 rings (SSSR count). The largest absolute Gasteiger partial charge is 0.375 e. The van der Waals surface area contributed by atoms with Crippen molar-refractivity contribution in [2.24, 2.45) is 0 Å². The predicted molar refractivity (Wildman–Crippen MR) is 92.9 cm³/mol. The van der Waals surface area contributed by atoms with Crippen molar-refractivity contribution >= 4 is 5.91 Å². The molecule has 7 heteroatoms. The van der Waals surface area contributed by atoms with Crippen LogP contribution in [0.3, 0.4) is 0 Å². The molecule has 1 aliphatic heterocycles. The molecule has 0 unspecified atom stereocenters. The second-order valence-electron chi connectivity index (χ2n) is 6.39. The SMILES string of the molecule is Cc1cc(CC[C@H]2CN(C(=O)CCCn3cccn3)CCO2)ncn1. The summed E-state index contributed by atoms with van der Waals surface area (Å²) >= 11 is 0. The number of nitrogens with zero attached hydrogens (tertiary/aromatic N) is 5. The Kier molecular flexibility index (Phi) is 6.11. The highest BCUT2D eigenvalue weighted by atomic mass is 16.5. The third-order valence-corrected chi connectivity index (χ3v) is 4.41. The van der Waals surface area contributed by atoms with Crippen LogP contribution in [0.15, 0.2) is 30.9 Å². The van der Waals surface area contributed by atoms with Crippen molar-refractivity contribution in [2.75, 3.05) is 19.7 Å². The summed E-state index contributed by atoms with van der Waals surface area (Å²) in [7, 11) is 0. The molecule has 0 radical (unpaired) electrons. The Balaban J connectivity index is 1.41. The van der Waals surface area contributed by atoms with E-state index in [0.29, 0.717) is 26.1 Å². The smallest absolute Gasteiger partial charge is 0.222 e. The molecule has 25 heavy (non-hydrogen) atoms. The quantitative estimate of drug-likeness (QED) is 0.764. The average molecular weight is 343 g/mol. The Morgan fingerprint density at radius 1 is 1.40 bits per heavy atom. The summed E-state index contributed by atoms with van der Waals surface area (Å²) in [5.74, 6) is 0.207. The minimum absolute atomic E-state index is 0.0825. The summed E-state index contributed by atoms with van der Waals surface area (Å²) in [6.07, 6.45) is 8.43. The standard InChI is InChI=1S/C18H25N5O2/c1-15-12-16(20-14-19-15)5-6-17-13-22(10-11-25-17)18(24)4-2-8-23-9-3-7-21-23/h3,7,9,12,14,17H,2,4-6,8,10-11,13H2,1H3/t17-/m0/s1. The number of morpholine rings is 1. The van der Waals surface area contributed by atoms with Crippen LogP contribution in [0, 0.1) is 6.92 Å². The lowest BCUT2D eigenvalue weighted by Gasteiger charge is -2.33. The van der Waals surface area contributed by atoms with Gasteiger partial charge in [0.2, 0.25) is 5.91 Å². The van der Waals surface area contributed by atoms with Gasteiger partial charge in [-0.05, 0) is 38.3 Å². The fourth-order valence-electron chi connectivity index (χ4n) is 3.06. The molecule has 0 bridgehead atoms. The molecule has 1 saturated heterocycles. The maximum absolute atomic E-state index is 12.4. The first-order valence-electron chi connectivity index (χ1n) is 8.85. The van der Waals surface area contributed by atoms with Crippen molar-refractivity contribution in [1.82, 2.24) is 24.6 Å². The molecule has 7 nitrogen and oxygen atoms in total. The average Bonchev–Trinajstić information content (AvgIpc) is 3.14. The summed E-state index contributed by atoms with van der Waals surface area (Å²) in [5, 5.41) is 4.16. The molecule has 0 aliphatic carbocycles. The molecule has 0 N–H and O–H groups in total. The van der Waals surface area contributed by atoms with Crippen LogP contribution in [-0.4, -0.2) is 56.4 Å². The van der Waals surface area contributed by atoms with Crippen LogP contribution in [0.5, 0.6) is 0 Å². The van der Waals surface area contributed by atoms with Gasteiger partial charge in [-0.2, -0.15) is 5.10 Å². The lowest BCUT2D eigenvalue weighted by atomic mass is 10.1. The van der Waals surface area contributed by atoms with Gasteiger partial charge in [0.05, 0.1) is 12.7 Å². The molecule has 0 spiro atoms. The molecular formula is C18H25N5O2. The summed E-state index contributed by atoms with van der Waals surface area (Å²) in [4.78, 5) is 22.7. The molecule has 2 aromatic heterocycles. The van der Waals surface area contributed by atoms with Gasteiger partial charge in [-0.1, -0.05) is 0 Å². The van der Waals surface area contributed by atoms with Crippen LogP contribution in [-0.2, 0) is 22.5 Å². The Bertz CT molecular complexity index is 674. The number of amides is 1. The lowest BCUT2D eigenvalue weighted by molar-refractivity contribution is -0.139. The number of carbonyl (C=O) groups is 1. The van der Waals surface area contributed by atoms with Crippen LogP contribution < -0.4 is 0 Å². The fraction of sp³-hybridized carbons (Fsp3) is 0.556. The number of aromatic nitrogens is 4. The van der Waals surface area contributed by atoms with Gasteiger partial charge >= 0.3 is 0 Å². The zero-order chi connectivity index (χ0) is 17.5. The van der Waals surface area contributed by atoms with E-state index in [1.54, 1.807) is 12.5 Å². The number of carbonyl (C=O) groups excluding carboxylic acids is 1. The normalized spacial score (nSPS) is 17.6. The second kappa shape index (κ2) is 8.71. The van der Waals surface area contributed by atoms with E-state index in [1.807, 2.05) is 34.8 Å². The summed E-state index contributed by atoms with van der Waals surface area (Å²) in [6, 6.07) is 3.90. The minimum Gasteiger partial charge on any atom is -0.375 e. The van der Waals surface area contributed by atoms with E-state index >= 15 is 0 Å². The first-order valence-corrected chi connectivity index (χ1v) is 8.85. The molecule has 1 atom stereocenters. The van der Waals surface area contributed by atoms with E-state index in [0.717, 1.165) is 37.2 Å². The van der Waals surface area contributed by atoms with E-state index in [2.05, 4.69) is 15.1 Å². The third kappa shape index (κ3) is 5.35. The Morgan fingerprint density at radius 2 is 2.32 bits per heavy atom. The lowest BCUT2D eigenvalue weighted by Crippen LogP contribution is -2.45. The molecule has 3 heterocycles. The molecule has 0 aromatic carbocycles. The van der Waals surface area contributed by atoms with Gasteiger partial charge in [-0.3, -0.25) is 9.48 Å². The van der Waals surface area contributed by atoms with Gasteiger partial charge in [0.1, 0.15) is 6.33 Å². The van der Waals surface area contributed by atoms with Gasteiger partial charge in [0.15, 0.2) is 0 Å². The highest BCUT2D eigenvalue weighted by Crippen LogP contribution is 2.13. The van der Waals surface area contributed by atoms with Gasteiger partial charge in [-0.15, -0.1) is 0 Å². The van der Waals surface area contributed by atoms with Gasteiger partial charge in [-0.25, -0.2) is 9.97 Å². The summed E-state index contributed by atoms with van der Waals surface area (Å²) in [6.45, 7) is 4.71. The van der Waals surface area contributed by atoms with Crippen molar-refractivity contribution < 1.29 is 9.53 Å². The highest BCUT2D eigenvalue weighted by Gasteiger charge is 2.23. The Morgan fingerprint density at radius 3 is 3.12 bits per heavy atom. The predicted octanol–water partition coefficient (Wildman–Crippen LogP) is 1.62. The Hall–Kier alpha value is -2.28. The number of aryl methyl sites for hydroxylation is 3. The summed E-state index contributed by atoms with van der Waals surface area (Å²) in [5.41, 5.74) is 2.00. The molecule has 1 amide bonds. The first kappa shape index (κ1) is 17.5. The molecule has 1 aliphatic rings. The molecule has 1 fully saturated rings. The number of ether oxygens (including phenoxy) is 1. The maximum Gasteiger partial charge on any atom is 0.222 e. The summed E-state index contributed by atoms with van der Waals surface area (Å²) < 4.78 is 7.68. The number of hydrogen-bond donors (Lipinski definition) is 0. The van der Waals surface area contributed by atoms with Gasteiger partial charge in [0.25, 0.3) is 0 Å². The van der Waals surface area contributed by atoms with Crippen molar-refractivity contribution in [3.63, 3.8) is 0 Å². The van der Waals surface area contributed by atoms with Crippen LogP contribution in [0.2, 0.25) is 0 Å². The van der Waals surface area contributed by atoms with Crippen molar-refractivity contribution in [1.29, 1.82) is 0 Å². The van der Waals surface area contributed by atoms with Crippen LogP contribution in [0.1, 0.15) is 30.7 Å². The van der Waals surface area contributed by atoms with Gasteiger partial charge < -0.3 is 9.64 Å². The molecule has 134 valence electrons. The fourth-order valence-corrected chi connectivity index (χ4v) is 3.06. The monoisotopic (exact) mass is 343 g/mol. The van der Waals surface area contributed by atoms with E-state index in [4.69, 9.17) is 4.74 Å².